The van der Waals surface area contributed by atoms with Gasteiger partial charge >= 0.3 is 0 Å². The summed E-state index contributed by atoms with van der Waals surface area (Å²) in [4.78, 5) is 2.47. The van der Waals surface area contributed by atoms with Gasteiger partial charge in [-0.2, -0.15) is 0 Å². The van der Waals surface area contributed by atoms with E-state index in [1.165, 1.54) is 32.5 Å². The lowest BCUT2D eigenvalue weighted by Crippen LogP contribution is -2.27. The Kier molecular flexibility index (Phi) is 7.51. The van der Waals surface area contributed by atoms with Gasteiger partial charge in [-0.25, -0.2) is 0 Å². The SMILES string of the molecule is CCN(CC)CCCC(C)NC. The van der Waals surface area contributed by atoms with E-state index in [0.29, 0.717) is 6.04 Å². The summed E-state index contributed by atoms with van der Waals surface area (Å²) in [6.07, 6.45) is 2.59. The van der Waals surface area contributed by atoms with E-state index in [2.05, 4.69) is 31.0 Å². The highest BCUT2D eigenvalue weighted by atomic mass is 15.1. The minimum Gasteiger partial charge on any atom is -0.317 e. The van der Waals surface area contributed by atoms with Crippen LogP contribution in [-0.2, 0) is 0 Å². The first kappa shape index (κ1) is 11.9. The molecular formula is C10H24N2. The molecule has 0 aromatic heterocycles. The Morgan fingerprint density at radius 1 is 1.25 bits per heavy atom. The highest BCUT2D eigenvalue weighted by molar-refractivity contribution is 4.59. The molecule has 0 spiro atoms. The zero-order valence-corrected chi connectivity index (χ0v) is 9.06. The summed E-state index contributed by atoms with van der Waals surface area (Å²) < 4.78 is 0. The molecular weight excluding hydrogens is 148 g/mol. The van der Waals surface area contributed by atoms with Crippen molar-refractivity contribution in [3.63, 3.8) is 0 Å². The predicted molar refractivity (Wildman–Crippen MR) is 55.5 cm³/mol. The molecule has 0 aliphatic heterocycles. The Hall–Kier alpha value is -0.0800. The average Bonchev–Trinajstić information content (AvgIpc) is 2.12. The van der Waals surface area contributed by atoms with Gasteiger partial charge in [0.1, 0.15) is 0 Å². The van der Waals surface area contributed by atoms with E-state index < -0.39 is 0 Å². The molecule has 0 aliphatic rings. The minimum absolute atomic E-state index is 0.667. The molecule has 2 heteroatoms. The number of hydrogen-bond donors (Lipinski definition) is 1. The fourth-order valence-corrected chi connectivity index (χ4v) is 1.31. The summed E-state index contributed by atoms with van der Waals surface area (Å²) in [5.74, 6) is 0. The van der Waals surface area contributed by atoms with Crippen molar-refractivity contribution in [2.45, 2.75) is 39.7 Å². The smallest absolute Gasteiger partial charge is 0.00362 e. The molecule has 1 N–H and O–H groups in total. The van der Waals surface area contributed by atoms with Gasteiger partial charge in [0.2, 0.25) is 0 Å². The Morgan fingerprint density at radius 3 is 2.25 bits per heavy atom. The highest BCUT2D eigenvalue weighted by Gasteiger charge is 2.00. The number of rotatable bonds is 7. The van der Waals surface area contributed by atoms with Crippen LogP contribution in [0.1, 0.15) is 33.6 Å². The lowest BCUT2D eigenvalue weighted by atomic mass is 10.2. The Morgan fingerprint density at radius 2 is 1.83 bits per heavy atom. The van der Waals surface area contributed by atoms with E-state index in [0.717, 1.165) is 0 Å². The van der Waals surface area contributed by atoms with Crippen molar-refractivity contribution in [1.82, 2.24) is 10.2 Å². The third-order valence-electron chi connectivity index (χ3n) is 2.50. The third-order valence-corrected chi connectivity index (χ3v) is 2.50. The normalized spacial score (nSPS) is 13.8. The second-order valence-electron chi connectivity index (χ2n) is 3.36. The topological polar surface area (TPSA) is 15.3 Å². The number of hydrogen-bond acceptors (Lipinski definition) is 2. The van der Waals surface area contributed by atoms with Crippen LogP contribution in [0.3, 0.4) is 0 Å². The monoisotopic (exact) mass is 172 g/mol. The van der Waals surface area contributed by atoms with E-state index in [1.54, 1.807) is 0 Å². The summed E-state index contributed by atoms with van der Waals surface area (Å²) in [7, 11) is 2.03. The van der Waals surface area contributed by atoms with Gasteiger partial charge in [0, 0.05) is 6.04 Å². The molecule has 0 bridgehead atoms. The van der Waals surface area contributed by atoms with Crippen LogP contribution in [0.5, 0.6) is 0 Å². The van der Waals surface area contributed by atoms with Gasteiger partial charge in [0.25, 0.3) is 0 Å². The average molecular weight is 172 g/mol. The Balaban J connectivity index is 3.28. The zero-order chi connectivity index (χ0) is 9.40. The maximum absolute atomic E-state index is 3.26. The molecule has 0 rings (SSSR count). The van der Waals surface area contributed by atoms with Crippen LogP contribution in [0.2, 0.25) is 0 Å². The van der Waals surface area contributed by atoms with Crippen molar-refractivity contribution in [2.75, 3.05) is 26.7 Å². The quantitative estimate of drug-likeness (QED) is 0.629. The largest absolute Gasteiger partial charge is 0.317 e. The summed E-state index contributed by atoms with van der Waals surface area (Å²) in [6, 6.07) is 0.667. The van der Waals surface area contributed by atoms with Gasteiger partial charge in [-0.15, -0.1) is 0 Å². The molecule has 0 aromatic carbocycles. The second-order valence-corrected chi connectivity index (χ2v) is 3.36. The fourth-order valence-electron chi connectivity index (χ4n) is 1.31. The van der Waals surface area contributed by atoms with Crippen LogP contribution in [-0.4, -0.2) is 37.6 Å². The molecule has 0 aliphatic carbocycles. The van der Waals surface area contributed by atoms with Gasteiger partial charge in [-0.05, 0) is 46.4 Å². The third kappa shape index (κ3) is 5.56. The lowest BCUT2D eigenvalue weighted by Gasteiger charge is -2.18. The van der Waals surface area contributed by atoms with Crippen molar-refractivity contribution in [3.05, 3.63) is 0 Å². The predicted octanol–water partition coefficient (Wildman–Crippen LogP) is 1.72. The Labute approximate surface area is 77.3 Å². The maximum Gasteiger partial charge on any atom is 0.00362 e. The van der Waals surface area contributed by atoms with Gasteiger partial charge < -0.3 is 10.2 Å². The van der Waals surface area contributed by atoms with Gasteiger partial charge in [-0.3, -0.25) is 0 Å². The van der Waals surface area contributed by atoms with Crippen LogP contribution >= 0.6 is 0 Å². The molecule has 74 valence electrons. The van der Waals surface area contributed by atoms with E-state index in [1.807, 2.05) is 7.05 Å². The molecule has 1 unspecified atom stereocenters. The molecule has 0 saturated carbocycles. The molecule has 0 amide bonds. The van der Waals surface area contributed by atoms with Gasteiger partial charge in [-0.1, -0.05) is 13.8 Å². The first-order valence-electron chi connectivity index (χ1n) is 5.14. The van der Waals surface area contributed by atoms with Crippen LogP contribution in [0.25, 0.3) is 0 Å². The molecule has 0 heterocycles. The molecule has 0 radical (unpaired) electrons. The maximum atomic E-state index is 3.26. The Bertz CT molecular complexity index is 89.8. The van der Waals surface area contributed by atoms with Crippen LogP contribution in [0.4, 0.5) is 0 Å². The van der Waals surface area contributed by atoms with Crippen molar-refractivity contribution >= 4 is 0 Å². The van der Waals surface area contributed by atoms with Crippen molar-refractivity contribution in [2.24, 2.45) is 0 Å². The van der Waals surface area contributed by atoms with Crippen molar-refractivity contribution in [1.29, 1.82) is 0 Å². The summed E-state index contributed by atoms with van der Waals surface area (Å²) in [6.45, 7) is 10.3. The summed E-state index contributed by atoms with van der Waals surface area (Å²) in [5.41, 5.74) is 0. The molecule has 1 atom stereocenters. The van der Waals surface area contributed by atoms with Crippen molar-refractivity contribution < 1.29 is 0 Å². The van der Waals surface area contributed by atoms with E-state index >= 15 is 0 Å². The number of nitrogens with zero attached hydrogens (tertiary/aromatic N) is 1. The fraction of sp³-hybridized carbons (Fsp3) is 1.00. The summed E-state index contributed by atoms with van der Waals surface area (Å²) >= 11 is 0. The molecule has 2 nitrogen and oxygen atoms in total. The molecule has 0 fully saturated rings. The molecule has 0 saturated heterocycles. The van der Waals surface area contributed by atoms with Crippen LogP contribution in [0, 0.1) is 0 Å². The van der Waals surface area contributed by atoms with Crippen LogP contribution < -0.4 is 5.32 Å². The van der Waals surface area contributed by atoms with Gasteiger partial charge in [0.05, 0.1) is 0 Å². The lowest BCUT2D eigenvalue weighted by molar-refractivity contribution is 0.291. The molecule has 0 aromatic rings. The molecule has 12 heavy (non-hydrogen) atoms. The van der Waals surface area contributed by atoms with E-state index in [4.69, 9.17) is 0 Å². The van der Waals surface area contributed by atoms with Crippen molar-refractivity contribution in [3.8, 4) is 0 Å². The van der Waals surface area contributed by atoms with Gasteiger partial charge in [0.15, 0.2) is 0 Å². The summed E-state index contributed by atoms with van der Waals surface area (Å²) in [5, 5.41) is 3.26. The second kappa shape index (κ2) is 7.56. The van der Waals surface area contributed by atoms with E-state index in [9.17, 15) is 0 Å². The van der Waals surface area contributed by atoms with Crippen LogP contribution in [0.15, 0.2) is 0 Å². The highest BCUT2D eigenvalue weighted by Crippen LogP contribution is 1.98. The first-order valence-corrected chi connectivity index (χ1v) is 5.14. The first-order chi connectivity index (χ1) is 5.74. The minimum atomic E-state index is 0.667. The zero-order valence-electron chi connectivity index (χ0n) is 9.06. The standard InChI is InChI=1S/C10H24N2/c1-5-12(6-2)9-7-8-10(3)11-4/h10-11H,5-9H2,1-4H3. The number of nitrogens with one attached hydrogen (secondary N) is 1. The van der Waals surface area contributed by atoms with E-state index in [-0.39, 0.29) is 0 Å².